The third-order valence-electron chi connectivity index (χ3n) is 4.69. The molecule has 0 saturated carbocycles. The van der Waals surface area contributed by atoms with Gasteiger partial charge in [-0.25, -0.2) is 4.39 Å². The van der Waals surface area contributed by atoms with E-state index in [1.807, 2.05) is 11.3 Å². The molecule has 2 aromatic heterocycles. The lowest BCUT2D eigenvalue weighted by atomic mass is 10.0. The minimum Gasteiger partial charge on any atom is -0.323 e. The van der Waals surface area contributed by atoms with E-state index < -0.39 is 5.82 Å². The van der Waals surface area contributed by atoms with Gasteiger partial charge in [-0.3, -0.25) is 9.20 Å². The summed E-state index contributed by atoms with van der Waals surface area (Å²) in [5.41, 5.74) is 5.31. The molecule has 0 spiro atoms. The average Bonchev–Trinajstić information content (AvgIpc) is 3.10. The summed E-state index contributed by atoms with van der Waals surface area (Å²) >= 11 is 1.28. The lowest BCUT2D eigenvalue weighted by Gasteiger charge is -2.11. The second kappa shape index (κ2) is 7.24. The van der Waals surface area contributed by atoms with Gasteiger partial charge in [-0.15, -0.1) is 10.2 Å². The number of pyridine rings is 1. The highest BCUT2D eigenvalue weighted by Gasteiger charge is 2.16. The summed E-state index contributed by atoms with van der Waals surface area (Å²) in [7, 11) is 0. The van der Waals surface area contributed by atoms with E-state index >= 15 is 0 Å². The summed E-state index contributed by atoms with van der Waals surface area (Å²) in [6.45, 7) is 6.13. The largest absolute Gasteiger partial charge is 0.323 e. The highest BCUT2D eigenvalue weighted by atomic mass is 32.2. The van der Waals surface area contributed by atoms with Crippen molar-refractivity contribution in [2.24, 2.45) is 0 Å². The fraction of sp³-hybridized carbons (Fsp3) is 0.190. The molecule has 0 fully saturated rings. The molecule has 0 aliphatic rings. The van der Waals surface area contributed by atoms with Crippen LogP contribution in [-0.2, 0) is 4.79 Å². The van der Waals surface area contributed by atoms with Gasteiger partial charge in [0.1, 0.15) is 5.82 Å². The zero-order valence-electron chi connectivity index (χ0n) is 15.8. The van der Waals surface area contributed by atoms with Crippen LogP contribution in [0.25, 0.3) is 16.6 Å². The Hall–Kier alpha value is -2.93. The van der Waals surface area contributed by atoms with Crippen LogP contribution in [0.3, 0.4) is 0 Å². The van der Waals surface area contributed by atoms with Gasteiger partial charge in [-0.1, -0.05) is 36.0 Å². The first-order chi connectivity index (χ1) is 13.5. The summed E-state index contributed by atoms with van der Waals surface area (Å²) < 4.78 is 15.7. The third kappa shape index (κ3) is 3.22. The Balaban J connectivity index is 1.67. The standard InChI is InChI=1S/C21H19FN4OS/c1-12-8-9-13(2)19-15(12)10-14(3)20-24-25-21(26(19)20)28-11-18(27)23-17-7-5-4-6-16(17)22/h4-10H,11H2,1-3H3,(H,23,27). The number of nitrogens with one attached hydrogen (secondary N) is 1. The summed E-state index contributed by atoms with van der Waals surface area (Å²) in [4.78, 5) is 12.3. The van der Waals surface area contributed by atoms with E-state index in [-0.39, 0.29) is 17.3 Å². The van der Waals surface area contributed by atoms with Crippen LogP contribution in [0, 0.1) is 26.6 Å². The molecule has 1 amide bonds. The van der Waals surface area contributed by atoms with Crippen molar-refractivity contribution in [3.05, 3.63) is 65.0 Å². The Bertz CT molecular complexity index is 1220. The van der Waals surface area contributed by atoms with E-state index in [0.29, 0.717) is 5.16 Å². The number of carbonyl (C=O) groups is 1. The van der Waals surface area contributed by atoms with Gasteiger partial charge in [0.05, 0.1) is 17.0 Å². The van der Waals surface area contributed by atoms with Crippen LogP contribution < -0.4 is 5.32 Å². The smallest absolute Gasteiger partial charge is 0.234 e. The first-order valence-corrected chi connectivity index (χ1v) is 9.86. The molecule has 0 aliphatic carbocycles. The van der Waals surface area contributed by atoms with Gasteiger partial charge in [0.2, 0.25) is 5.91 Å². The molecule has 0 radical (unpaired) electrons. The van der Waals surface area contributed by atoms with Crippen LogP contribution in [0.1, 0.15) is 16.7 Å². The maximum atomic E-state index is 13.7. The Morgan fingerprint density at radius 2 is 1.82 bits per heavy atom. The van der Waals surface area contributed by atoms with Crippen LogP contribution in [0.5, 0.6) is 0 Å². The van der Waals surface area contributed by atoms with Crippen molar-refractivity contribution in [2.45, 2.75) is 25.9 Å². The minimum absolute atomic E-state index is 0.107. The Kier molecular flexibility index (Phi) is 4.77. The number of halogens is 1. The number of aromatic nitrogens is 3. The molecule has 4 rings (SSSR count). The van der Waals surface area contributed by atoms with Crippen molar-refractivity contribution < 1.29 is 9.18 Å². The fourth-order valence-electron chi connectivity index (χ4n) is 3.28. The van der Waals surface area contributed by atoms with Crippen molar-refractivity contribution in [3.8, 4) is 0 Å². The molecule has 0 aliphatic heterocycles. The predicted molar refractivity (Wildman–Crippen MR) is 110 cm³/mol. The van der Waals surface area contributed by atoms with E-state index in [2.05, 4.69) is 47.6 Å². The molecular formula is C21H19FN4OS. The van der Waals surface area contributed by atoms with Crippen molar-refractivity contribution >= 4 is 39.9 Å². The van der Waals surface area contributed by atoms with Crippen molar-refractivity contribution in [1.82, 2.24) is 14.6 Å². The molecule has 2 heterocycles. The van der Waals surface area contributed by atoms with Gasteiger partial charge in [0.25, 0.3) is 0 Å². The maximum absolute atomic E-state index is 13.7. The van der Waals surface area contributed by atoms with Gasteiger partial charge in [-0.2, -0.15) is 0 Å². The van der Waals surface area contributed by atoms with Crippen LogP contribution in [0.2, 0.25) is 0 Å². The molecule has 2 aromatic carbocycles. The lowest BCUT2D eigenvalue weighted by molar-refractivity contribution is -0.113. The highest BCUT2D eigenvalue weighted by molar-refractivity contribution is 7.99. The Labute approximate surface area is 166 Å². The monoisotopic (exact) mass is 394 g/mol. The summed E-state index contributed by atoms with van der Waals surface area (Å²) in [6, 6.07) is 12.4. The van der Waals surface area contributed by atoms with Crippen LogP contribution in [0.4, 0.5) is 10.1 Å². The van der Waals surface area contributed by atoms with Crippen molar-refractivity contribution in [2.75, 3.05) is 11.1 Å². The first-order valence-electron chi connectivity index (χ1n) is 8.87. The molecular weight excluding hydrogens is 375 g/mol. The van der Waals surface area contributed by atoms with E-state index in [4.69, 9.17) is 0 Å². The number of hydrogen-bond acceptors (Lipinski definition) is 4. The number of amides is 1. The van der Waals surface area contributed by atoms with Gasteiger partial charge in [0.15, 0.2) is 10.8 Å². The molecule has 0 saturated heterocycles. The molecule has 0 unspecified atom stereocenters. The molecule has 28 heavy (non-hydrogen) atoms. The second-order valence-electron chi connectivity index (χ2n) is 6.75. The van der Waals surface area contributed by atoms with Crippen LogP contribution in [-0.4, -0.2) is 26.3 Å². The minimum atomic E-state index is -0.457. The average molecular weight is 394 g/mol. The zero-order valence-corrected chi connectivity index (χ0v) is 16.6. The molecule has 1 N–H and O–H groups in total. The second-order valence-corrected chi connectivity index (χ2v) is 7.69. The van der Waals surface area contributed by atoms with E-state index in [9.17, 15) is 9.18 Å². The van der Waals surface area contributed by atoms with Crippen molar-refractivity contribution in [1.29, 1.82) is 0 Å². The van der Waals surface area contributed by atoms with Gasteiger partial charge >= 0.3 is 0 Å². The number of benzene rings is 2. The Morgan fingerprint density at radius 3 is 2.61 bits per heavy atom. The topological polar surface area (TPSA) is 59.3 Å². The molecule has 142 valence electrons. The predicted octanol–water partition coefficient (Wildman–Crippen LogP) is 4.68. The van der Waals surface area contributed by atoms with Crippen LogP contribution >= 0.6 is 11.8 Å². The summed E-state index contributed by atoms with van der Waals surface area (Å²) in [6.07, 6.45) is 0. The SMILES string of the molecule is Cc1ccc(C)c2c1cc(C)c1nnc(SCC(=O)Nc3ccccc3F)n12. The molecule has 7 heteroatoms. The van der Waals surface area contributed by atoms with E-state index in [1.165, 1.54) is 29.5 Å². The van der Waals surface area contributed by atoms with Gasteiger partial charge in [0, 0.05) is 5.39 Å². The number of anilines is 1. The molecule has 4 aromatic rings. The normalized spacial score (nSPS) is 11.3. The summed E-state index contributed by atoms with van der Waals surface area (Å²) in [5.74, 6) is -0.645. The number of fused-ring (bicyclic) bond motifs is 3. The molecule has 0 bridgehead atoms. The molecule has 0 atom stereocenters. The quantitative estimate of drug-likeness (QED) is 0.511. The Morgan fingerprint density at radius 1 is 1.07 bits per heavy atom. The zero-order chi connectivity index (χ0) is 19.8. The number of carbonyl (C=O) groups excluding carboxylic acids is 1. The van der Waals surface area contributed by atoms with Crippen molar-refractivity contribution in [3.63, 3.8) is 0 Å². The van der Waals surface area contributed by atoms with Gasteiger partial charge in [-0.05, 0) is 55.7 Å². The van der Waals surface area contributed by atoms with Crippen LogP contribution in [0.15, 0.2) is 47.6 Å². The molecule has 5 nitrogen and oxygen atoms in total. The maximum Gasteiger partial charge on any atom is 0.234 e. The number of aryl methyl sites for hydroxylation is 3. The lowest BCUT2D eigenvalue weighted by Crippen LogP contribution is -2.15. The highest BCUT2D eigenvalue weighted by Crippen LogP contribution is 2.29. The number of nitrogens with zero attached hydrogens (tertiary/aromatic N) is 3. The van der Waals surface area contributed by atoms with E-state index in [1.54, 1.807) is 12.1 Å². The number of para-hydroxylation sites is 1. The number of thioether (sulfide) groups is 1. The number of rotatable bonds is 4. The van der Waals surface area contributed by atoms with E-state index in [0.717, 1.165) is 27.7 Å². The third-order valence-corrected chi connectivity index (χ3v) is 5.62. The first kappa shape index (κ1) is 18.4. The fourth-order valence-corrected chi connectivity index (χ4v) is 4.02. The summed E-state index contributed by atoms with van der Waals surface area (Å²) in [5, 5.41) is 13.0. The number of hydrogen-bond donors (Lipinski definition) is 1. The van der Waals surface area contributed by atoms with Gasteiger partial charge < -0.3 is 5.32 Å².